The summed E-state index contributed by atoms with van der Waals surface area (Å²) in [5, 5.41) is 20.8. The van der Waals surface area contributed by atoms with Crippen LogP contribution in [0.5, 0.6) is 5.88 Å². The topological polar surface area (TPSA) is 122 Å². The Balaban J connectivity index is 1.75. The summed E-state index contributed by atoms with van der Waals surface area (Å²) in [5.74, 6) is -0.462. The van der Waals surface area contributed by atoms with E-state index in [2.05, 4.69) is 9.97 Å². The van der Waals surface area contributed by atoms with Crippen LogP contribution in [-0.2, 0) is 0 Å². The SMILES string of the molecule is Cc1ccc(Sc2ccc(C=Cc3nc(O)c([N+](=O)[O-])c(=O)[nH]3)o2)cc1. The van der Waals surface area contributed by atoms with E-state index >= 15 is 0 Å². The van der Waals surface area contributed by atoms with Crippen LogP contribution in [0.1, 0.15) is 17.1 Å². The van der Waals surface area contributed by atoms with Crippen molar-refractivity contribution in [3.63, 3.8) is 0 Å². The van der Waals surface area contributed by atoms with E-state index in [1.807, 2.05) is 31.2 Å². The zero-order valence-electron chi connectivity index (χ0n) is 13.5. The second kappa shape index (κ2) is 7.28. The zero-order valence-corrected chi connectivity index (χ0v) is 14.3. The summed E-state index contributed by atoms with van der Waals surface area (Å²) >= 11 is 1.46. The number of aryl methyl sites for hydroxylation is 1. The van der Waals surface area contributed by atoms with Crippen molar-refractivity contribution < 1.29 is 14.4 Å². The number of H-pyrrole nitrogens is 1. The van der Waals surface area contributed by atoms with Gasteiger partial charge in [0.05, 0.1) is 4.92 Å². The summed E-state index contributed by atoms with van der Waals surface area (Å²) in [5.41, 5.74) is -0.848. The maximum atomic E-state index is 11.6. The maximum Gasteiger partial charge on any atom is 0.395 e. The molecule has 0 aliphatic rings. The quantitative estimate of drug-likeness (QED) is 0.519. The molecule has 2 aromatic heterocycles. The minimum atomic E-state index is -1.03. The minimum absolute atomic E-state index is 0.0257. The molecule has 3 rings (SSSR count). The van der Waals surface area contributed by atoms with Gasteiger partial charge in [0, 0.05) is 4.90 Å². The fourth-order valence-corrected chi connectivity index (χ4v) is 2.86. The number of aromatic nitrogens is 2. The average molecular weight is 371 g/mol. The van der Waals surface area contributed by atoms with Crippen molar-refractivity contribution in [1.82, 2.24) is 9.97 Å². The Bertz CT molecular complexity index is 1040. The maximum absolute atomic E-state index is 11.6. The number of nitrogens with one attached hydrogen (secondary N) is 1. The number of furan rings is 1. The van der Waals surface area contributed by atoms with Crippen LogP contribution in [0.4, 0.5) is 5.69 Å². The average Bonchev–Trinajstić information content (AvgIpc) is 3.01. The number of benzene rings is 1. The van der Waals surface area contributed by atoms with Crippen LogP contribution in [0.25, 0.3) is 12.2 Å². The molecule has 132 valence electrons. The highest BCUT2D eigenvalue weighted by Gasteiger charge is 2.21. The molecule has 0 radical (unpaired) electrons. The predicted molar refractivity (Wildman–Crippen MR) is 96.1 cm³/mol. The lowest BCUT2D eigenvalue weighted by atomic mass is 10.2. The van der Waals surface area contributed by atoms with Crippen molar-refractivity contribution in [3.8, 4) is 5.88 Å². The van der Waals surface area contributed by atoms with Gasteiger partial charge in [-0.25, -0.2) is 0 Å². The molecule has 0 amide bonds. The summed E-state index contributed by atoms with van der Waals surface area (Å²) in [7, 11) is 0. The normalized spacial score (nSPS) is 11.1. The fraction of sp³-hybridized carbons (Fsp3) is 0.0588. The molecular weight excluding hydrogens is 358 g/mol. The third kappa shape index (κ3) is 4.01. The van der Waals surface area contributed by atoms with E-state index in [-0.39, 0.29) is 5.82 Å². The number of rotatable bonds is 5. The van der Waals surface area contributed by atoms with Gasteiger partial charge in [-0.1, -0.05) is 29.5 Å². The standard InChI is InChI=1S/C17H13N3O5S/c1-10-2-6-12(7-3-10)26-14-9-5-11(25-14)4-8-13-18-16(21)15(20(23)24)17(22)19-13/h2-9H,1H3,(H2,18,19,21,22). The second-order valence-corrected chi connectivity index (χ2v) is 6.36. The van der Waals surface area contributed by atoms with Crippen molar-refractivity contribution in [2.24, 2.45) is 0 Å². The minimum Gasteiger partial charge on any atom is -0.488 e. The lowest BCUT2D eigenvalue weighted by Crippen LogP contribution is -2.14. The van der Waals surface area contributed by atoms with Crippen LogP contribution in [0, 0.1) is 17.0 Å². The Morgan fingerprint density at radius 1 is 1.23 bits per heavy atom. The molecule has 0 bridgehead atoms. The summed E-state index contributed by atoms with van der Waals surface area (Å²) in [6.07, 6.45) is 2.91. The van der Waals surface area contributed by atoms with Gasteiger partial charge in [-0.3, -0.25) is 14.9 Å². The Labute approximate surface area is 151 Å². The molecule has 2 heterocycles. The van der Waals surface area contributed by atoms with E-state index in [0.717, 1.165) is 4.90 Å². The molecule has 0 unspecified atom stereocenters. The van der Waals surface area contributed by atoms with Gasteiger partial charge in [0.2, 0.25) is 0 Å². The van der Waals surface area contributed by atoms with E-state index in [4.69, 9.17) is 4.42 Å². The first-order valence-electron chi connectivity index (χ1n) is 7.42. The summed E-state index contributed by atoms with van der Waals surface area (Å²) in [6.45, 7) is 2.01. The van der Waals surface area contributed by atoms with Crippen LogP contribution in [-0.4, -0.2) is 20.0 Å². The van der Waals surface area contributed by atoms with E-state index in [1.54, 1.807) is 12.1 Å². The Hall–Kier alpha value is -3.33. The van der Waals surface area contributed by atoms with Crippen LogP contribution in [0.15, 0.2) is 55.6 Å². The highest BCUT2D eigenvalue weighted by molar-refractivity contribution is 7.99. The van der Waals surface area contributed by atoms with Gasteiger partial charge >= 0.3 is 11.2 Å². The molecular formula is C17H13N3O5S. The number of nitro groups is 1. The van der Waals surface area contributed by atoms with Gasteiger partial charge in [-0.15, -0.1) is 0 Å². The molecule has 1 aromatic carbocycles. The van der Waals surface area contributed by atoms with Gasteiger partial charge in [0.25, 0.3) is 5.88 Å². The molecule has 26 heavy (non-hydrogen) atoms. The van der Waals surface area contributed by atoms with E-state index < -0.39 is 22.0 Å². The molecule has 0 aliphatic heterocycles. The van der Waals surface area contributed by atoms with E-state index in [1.165, 1.54) is 29.5 Å². The lowest BCUT2D eigenvalue weighted by Gasteiger charge is -1.98. The molecule has 0 spiro atoms. The summed E-state index contributed by atoms with van der Waals surface area (Å²) in [4.78, 5) is 28.1. The van der Waals surface area contributed by atoms with Gasteiger partial charge in [0.1, 0.15) is 11.6 Å². The van der Waals surface area contributed by atoms with E-state index in [9.17, 15) is 20.0 Å². The molecule has 9 heteroatoms. The molecule has 0 saturated carbocycles. The van der Waals surface area contributed by atoms with Crippen molar-refractivity contribution >= 4 is 29.6 Å². The Kier molecular flexibility index (Phi) is 4.90. The van der Waals surface area contributed by atoms with Crippen LogP contribution in [0.2, 0.25) is 0 Å². The first kappa shape index (κ1) is 17.5. The predicted octanol–water partition coefficient (Wildman–Crippen LogP) is 3.61. The number of aromatic hydroxyl groups is 1. The third-order valence-corrected chi connectivity index (χ3v) is 4.25. The second-order valence-electron chi connectivity index (χ2n) is 5.29. The first-order valence-corrected chi connectivity index (χ1v) is 8.24. The highest BCUT2D eigenvalue weighted by Crippen LogP contribution is 2.29. The van der Waals surface area contributed by atoms with Crippen molar-refractivity contribution in [2.75, 3.05) is 0 Å². The molecule has 0 atom stereocenters. The number of hydrogen-bond acceptors (Lipinski definition) is 7. The highest BCUT2D eigenvalue weighted by atomic mass is 32.2. The zero-order chi connectivity index (χ0) is 18.7. The third-order valence-electron chi connectivity index (χ3n) is 3.32. The number of aromatic amines is 1. The monoisotopic (exact) mass is 371 g/mol. The number of hydrogen-bond donors (Lipinski definition) is 2. The molecule has 8 nitrogen and oxygen atoms in total. The van der Waals surface area contributed by atoms with E-state index in [0.29, 0.717) is 10.9 Å². The van der Waals surface area contributed by atoms with Gasteiger partial charge in [-0.05, 0) is 43.3 Å². The summed E-state index contributed by atoms with van der Waals surface area (Å²) < 4.78 is 5.65. The summed E-state index contributed by atoms with van der Waals surface area (Å²) in [6, 6.07) is 11.5. The largest absolute Gasteiger partial charge is 0.488 e. The van der Waals surface area contributed by atoms with Crippen molar-refractivity contribution in [2.45, 2.75) is 16.9 Å². The number of nitrogens with zero attached hydrogens (tertiary/aromatic N) is 2. The van der Waals surface area contributed by atoms with Crippen molar-refractivity contribution in [1.29, 1.82) is 0 Å². The fourth-order valence-electron chi connectivity index (χ4n) is 2.08. The molecule has 0 saturated heterocycles. The molecule has 2 N–H and O–H groups in total. The molecule has 0 fully saturated rings. The van der Waals surface area contributed by atoms with Gasteiger partial charge in [0.15, 0.2) is 5.09 Å². The van der Waals surface area contributed by atoms with Crippen LogP contribution in [0.3, 0.4) is 0 Å². The van der Waals surface area contributed by atoms with Gasteiger partial charge < -0.3 is 14.5 Å². The molecule has 3 aromatic rings. The lowest BCUT2D eigenvalue weighted by molar-refractivity contribution is -0.387. The van der Waals surface area contributed by atoms with Crippen LogP contribution >= 0.6 is 11.8 Å². The van der Waals surface area contributed by atoms with Gasteiger partial charge in [-0.2, -0.15) is 4.98 Å². The first-order chi connectivity index (χ1) is 12.4. The van der Waals surface area contributed by atoms with Crippen molar-refractivity contribution in [3.05, 3.63) is 74.0 Å². The Morgan fingerprint density at radius 2 is 1.96 bits per heavy atom. The van der Waals surface area contributed by atoms with Crippen LogP contribution < -0.4 is 5.56 Å². The smallest absolute Gasteiger partial charge is 0.395 e. The Morgan fingerprint density at radius 3 is 2.62 bits per heavy atom. The molecule has 0 aliphatic carbocycles.